The fraction of sp³-hybridized carbons (Fsp3) is 0.846. The van der Waals surface area contributed by atoms with E-state index in [0.29, 0.717) is 11.3 Å². The Kier molecular flexibility index (Phi) is 5.10. The van der Waals surface area contributed by atoms with Gasteiger partial charge in [0.05, 0.1) is 0 Å². The van der Waals surface area contributed by atoms with Crippen LogP contribution in [0, 0.1) is 0 Å². The van der Waals surface area contributed by atoms with Crippen molar-refractivity contribution < 1.29 is 0 Å². The van der Waals surface area contributed by atoms with Crippen LogP contribution < -0.4 is 11.0 Å². The summed E-state index contributed by atoms with van der Waals surface area (Å²) in [6, 6.07) is 0.703. The third kappa shape index (κ3) is 3.42. The maximum atomic E-state index is 11.7. The maximum absolute atomic E-state index is 11.7. The lowest BCUT2D eigenvalue weighted by Gasteiger charge is -2.20. The average Bonchev–Trinajstić information content (AvgIpc) is 2.94. The quantitative estimate of drug-likeness (QED) is 0.840. The van der Waals surface area contributed by atoms with E-state index in [2.05, 4.69) is 22.4 Å². The second-order valence-corrected chi connectivity index (χ2v) is 6.63. The van der Waals surface area contributed by atoms with E-state index >= 15 is 0 Å². The van der Waals surface area contributed by atoms with Crippen molar-refractivity contribution in [3.63, 3.8) is 0 Å². The molecule has 2 unspecified atom stereocenters. The first kappa shape index (κ1) is 14.7. The van der Waals surface area contributed by atoms with Gasteiger partial charge in [0.2, 0.25) is 0 Å². The van der Waals surface area contributed by atoms with E-state index in [1.165, 1.54) is 19.3 Å². The SMILES string of the molecule is CCCNC1CCCC1Sc1n[nH]c(=O)n1C(C)C. The monoisotopic (exact) mass is 284 g/mol. The molecule has 0 spiro atoms. The van der Waals surface area contributed by atoms with Gasteiger partial charge in [0.1, 0.15) is 0 Å². The lowest BCUT2D eigenvalue weighted by atomic mass is 10.2. The molecule has 2 rings (SSSR count). The zero-order valence-electron chi connectivity index (χ0n) is 12.0. The van der Waals surface area contributed by atoms with E-state index in [0.717, 1.165) is 18.1 Å². The molecule has 1 aromatic rings. The molecule has 0 saturated heterocycles. The summed E-state index contributed by atoms with van der Waals surface area (Å²) in [6.07, 6.45) is 4.85. The third-order valence-electron chi connectivity index (χ3n) is 3.55. The number of nitrogens with zero attached hydrogens (tertiary/aromatic N) is 2. The van der Waals surface area contributed by atoms with Gasteiger partial charge in [-0.15, -0.1) is 5.10 Å². The minimum atomic E-state index is -0.103. The van der Waals surface area contributed by atoms with Crippen molar-refractivity contribution in [3.8, 4) is 0 Å². The number of thioether (sulfide) groups is 1. The molecule has 5 nitrogen and oxygen atoms in total. The highest BCUT2D eigenvalue weighted by atomic mass is 32.2. The van der Waals surface area contributed by atoms with Gasteiger partial charge in [0.25, 0.3) is 0 Å². The second kappa shape index (κ2) is 6.61. The number of nitrogens with one attached hydrogen (secondary N) is 2. The average molecular weight is 284 g/mol. The summed E-state index contributed by atoms with van der Waals surface area (Å²) in [6.45, 7) is 7.29. The number of aromatic amines is 1. The number of H-pyrrole nitrogens is 1. The predicted octanol–water partition coefficient (Wildman–Crippen LogP) is 2.17. The van der Waals surface area contributed by atoms with Crippen LogP contribution in [0.4, 0.5) is 0 Å². The molecule has 1 saturated carbocycles. The highest BCUT2D eigenvalue weighted by Gasteiger charge is 2.29. The van der Waals surface area contributed by atoms with Gasteiger partial charge in [-0.1, -0.05) is 25.1 Å². The largest absolute Gasteiger partial charge is 0.344 e. The van der Waals surface area contributed by atoms with Gasteiger partial charge in [0, 0.05) is 17.3 Å². The van der Waals surface area contributed by atoms with Crippen LogP contribution in [0.2, 0.25) is 0 Å². The van der Waals surface area contributed by atoms with E-state index in [-0.39, 0.29) is 11.7 Å². The molecule has 6 heteroatoms. The van der Waals surface area contributed by atoms with Crippen LogP contribution >= 0.6 is 11.8 Å². The normalized spacial score (nSPS) is 23.4. The Morgan fingerprint density at radius 1 is 1.53 bits per heavy atom. The number of hydrogen-bond acceptors (Lipinski definition) is 4. The van der Waals surface area contributed by atoms with Crippen LogP contribution in [0.25, 0.3) is 0 Å². The molecule has 0 bridgehead atoms. The molecule has 1 heterocycles. The van der Waals surface area contributed by atoms with Crippen LogP contribution in [-0.2, 0) is 0 Å². The van der Waals surface area contributed by atoms with Crippen LogP contribution in [-0.4, -0.2) is 32.6 Å². The topological polar surface area (TPSA) is 62.7 Å². The molecular weight excluding hydrogens is 260 g/mol. The maximum Gasteiger partial charge on any atom is 0.344 e. The molecule has 1 aliphatic carbocycles. The first-order chi connectivity index (χ1) is 9.13. The summed E-state index contributed by atoms with van der Waals surface area (Å²) in [5.74, 6) is 0. The Morgan fingerprint density at radius 3 is 3.00 bits per heavy atom. The summed E-state index contributed by atoms with van der Waals surface area (Å²) >= 11 is 1.74. The molecular formula is C13H24N4OS. The van der Waals surface area contributed by atoms with Crippen LogP contribution in [0.5, 0.6) is 0 Å². The number of aromatic nitrogens is 3. The summed E-state index contributed by atoms with van der Waals surface area (Å²) in [7, 11) is 0. The van der Waals surface area contributed by atoms with Crippen molar-refractivity contribution in [2.45, 2.75) is 68.9 Å². The van der Waals surface area contributed by atoms with Crippen molar-refractivity contribution >= 4 is 11.8 Å². The van der Waals surface area contributed by atoms with Gasteiger partial charge in [0.15, 0.2) is 5.16 Å². The van der Waals surface area contributed by atoms with Gasteiger partial charge >= 0.3 is 5.69 Å². The van der Waals surface area contributed by atoms with Gasteiger partial charge in [-0.25, -0.2) is 9.89 Å². The molecule has 1 fully saturated rings. The Morgan fingerprint density at radius 2 is 2.32 bits per heavy atom. The fourth-order valence-corrected chi connectivity index (χ4v) is 4.05. The van der Waals surface area contributed by atoms with Crippen molar-refractivity contribution in [3.05, 3.63) is 10.5 Å². The number of hydrogen-bond donors (Lipinski definition) is 2. The Balaban J connectivity index is 2.06. The molecule has 2 N–H and O–H groups in total. The third-order valence-corrected chi connectivity index (χ3v) is 4.92. The molecule has 0 aliphatic heterocycles. The van der Waals surface area contributed by atoms with E-state index in [9.17, 15) is 4.79 Å². The predicted molar refractivity (Wildman–Crippen MR) is 78.8 cm³/mol. The highest BCUT2D eigenvalue weighted by molar-refractivity contribution is 7.99. The first-order valence-electron chi connectivity index (χ1n) is 7.20. The van der Waals surface area contributed by atoms with E-state index in [4.69, 9.17) is 0 Å². The Labute approximate surface area is 118 Å². The standard InChI is InChI=1S/C13H24N4OS/c1-4-8-14-10-6-5-7-11(10)19-13-16-15-12(18)17(13)9(2)3/h9-11,14H,4-8H2,1-3H3,(H,15,18). The van der Waals surface area contributed by atoms with Crippen LogP contribution in [0.15, 0.2) is 9.95 Å². The van der Waals surface area contributed by atoms with Crippen LogP contribution in [0.3, 0.4) is 0 Å². The number of rotatable bonds is 6. The van der Waals surface area contributed by atoms with Crippen molar-refractivity contribution in [1.29, 1.82) is 0 Å². The molecule has 0 aromatic carbocycles. The van der Waals surface area contributed by atoms with Gasteiger partial charge < -0.3 is 5.32 Å². The van der Waals surface area contributed by atoms with E-state index < -0.39 is 0 Å². The van der Waals surface area contributed by atoms with Crippen molar-refractivity contribution in [1.82, 2.24) is 20.1 Å². The summed E-state index contributed by atoms with van der Waals surface area (Å²) in [5, 5.41) is 11.7. The van der Waals surface area contributed by atoms with Crippen molar-refractivity contribution in [2.75, 3.05) is 6.54 Å². The van der Waals surface area contributed by atoms with Gasteiger partial charge in [-0.3, -0.25) is 4.57 Å². The zero-order chi connectivity index (χ0) is 13.8. The first-order valence-corrected chi connectivity index (χ1v) is 8.08. The van der Waals surface area contributed by atoms with Gasteiger partial charge in [-0.2, -0.15) is 0 Å². The summed E-state index contributed by atoms with van der Waals surface area (Å²) in [5.41, 5.74) is -0.103. The summed E-state index contributed by atoms with van der Waals surface area (Å²) < 4.78 is 1.75. The van der Waals surface area contributed by atoms with Crippen molar-refractivity contribution in [2.24, 2.45) is 0 Å². The lowest BCUT2D eigenvalue weighted by Crippen LogP contribution is -2.34. The van der Waals surface area contributed by atoms with Gasteiger partial charge in [-0.05, 0) is 39.7 Å². The smallest absolute Gasteiger partial charge is 0.313 e. The second-order valence-electron chi connectivity index (χ2n) is 5.42. The van der Waals surface area contributed by atoms with Crippen LogP contribution in [0.1, 0.15) is 52.5 Å². The Hall–Kier alpha value is -0.750. The van der Waals surface area contributed by atoms with E-state index in [1.807, 2.05) is 13.8 Å². The minimum absolute atomic E-state index is 0.103. The highest BCUT2D eigenvalue weighted by Crippen LogP contribution is 2.34. The van der Waals surface area contributed by atoms with E-state index in [1.54, 1.807) is 16.3 Å². The molecule has 1 aromatic heterocycles. The molecule has 2 atom stereocenters. The fourth-order valence-electron chi connectivity index (χ4n) is 2.59. The Bertz CT molecular complexity index is 454. The molecule has 0 radical (unpaired) electrons. The summed E-state index contributed by atoms with van der Waals surface area (Å²) in [4.78, 5) is 11.7. The molecule has 19 heavy (non-hydrogen) atoms. The zero-order valence-corrected chi connectivity index (χ0v) is 12.8. The molecule has 1 aliphatic rings. The minimum Gasteiger partial charge on any atom is -0.313 e. The lowest BCUT2D eigenvalue weighted by molar-refractivity contribution is 0.519. The molecule has 108 valence electrons. The molecule has 0 amide bonds.